The normalized spacial score (nSPS) is 24.0. The number of aromatic amines is 2. The number of benzene rings is 1. The van der Waals surface area contributed by atoms with Crippen LogP contribution in [0.3, 0.4) is 0 Å². The summed E-state index contributed by atoms with van der Waals surface area (Å²) in [7, 11) is 0. The highest BCUT2D eigenvalue weighted by atomic mass is 32.1. The lowest BCUT2D eigenvalue weighted by Crippen LogP contribution is -2.43. The smallest absolute Gasteiger partial charge is 0.256 e. The van der Waals surface area contributed by atoms with Crippen LogP contribution in [0.15, 0.2) is 29.1 Å². The van der Waals surface area contributed by atoms with E-state index in [1.807, 2.05) is 6.07 Å². The second kappa shape index (κ2) is 5.45. The largest absolute Gasteiger partial charge is 0.331 e. The van der Waals surface area contributed by atoms with Crippen molar-refractivity contribution in [2.24, 2.45) is 5.92 Å². The van der Waals surface area contributed by atoms with Gasteiger partial charge in [0, 0.05) is 16.5 Å². The summed E-state index contributed by atoms with van der Waals surface area (Å²) < 4.78 is 0.413. The average Bonchev–Trinajstić information content (AvgIpc) is 2.55. The van der Waals surface area contributed by atoms with Crippen molar-refractivity contribution in [2.75, 3.05) is 0 Å². The molecule has 1 heterocycles. The SMILES string of the molecule is C[C@]1(C2CCCCC2)Cc2ccccc2-c2[nH]c(=S)[nH]c(=O)c21. The van der Waals surface area contributed by atoms with E-state index in [1.54, 1.807) is 0 Å². The highest BCUT2D eigenvalue weighted by molar-refractivity contribution is 7.71. The molecule has 2 N–H and O–H groups in total. The Morgan fingerprint density at radius 3 is 2.65 bits per heavy atom. The van der Waals surface area contributed by atoms with Gasteiger partial charge in [-0.1, -0.05) is 50.5 Å². The van der Waals surface area contributed by atoms with Gasteiger partial charge in [0.15, 0.2) is 4.77 Å². The molecule has 2 aliphatic rings. The molecule has 4 heteroatoms. The maximum atomic E-state index is 12.8. The van der Waals surface area contributed by atoms with Gasteiger partial charge in [0.2, 0.25) is 0 Å². The van der Waals surface area contributed by atoms with Crippen molar-refractivity contribution < 1.29 is 0 Å². The first kappa shape index (κ1) is 14.9. The molecule has 0 spiro atoms. The van der Waals surface area contributed by atoms with Crippen molar-refractivity contribution in [2.45, 2.75) is 50.9 Å². The standard InChI is InChI=1S/C19H22N2OS/c1-19(13-8-3-2-4-9-13)11-12-7-5-6-10-14(12)16-15(19)17(22)21-18(23)20-16/h5-7,10,13H,2-4,8-9,11H2,1H3,(H2,20,21,22,23)/t19-/m1/s1. The number of H-pyrrole nitrogens is 2. The van der Waals surface area contributed by atoms with E-state index in [9.17, 15) is 4.79 Å². The minimum Gasteiger partial charge on any atom is -0.331 e. The summed E-state index contributed by atoms with van der Waals surface area (Å²) in [5.74, 6) is 0.564. The van der Waals surface area contributed by atoms with Gasteiger partial charge in [0.1, 0.15) is 0 Å². The minimum atomic E-state index is -0.114. The van der Waals surface area contributed by atoms with E-state index in [4.69, 9.17) is 12.2 Å². The molecule has 1 atom stereocenters. The van der Waals surface area contributed by atoms with E-state index >= 15 is 0 Å². The second-order valence-electron chi connectivity index (χ2n) is 7.24. The predicted octanol–water partition coefficient (Wildman–Crippen LogP) is 4.49. The molecule has 120 valence electrons. The molecule has 1 saturated carbocycles. The zero-order valence-corrected chi connectivity index (χ0v) is 14.3. The fourth-order valence-electron chi connectivity index (χ4n) is 4.72. The lowest BCUT2D eigenvalue weighted by atomic mass is 9.60. The molecule has 1 fully saturated rings. The lowest BCUT2D eigenvalue weighted by molar-refractivity contribution is 0.213. The summed E-state index contributed by atoms with van der Waals surface area (Å²) in [4.78, 5) is 18.9. The third kappa shape index (κ3) is 2.31. The topological polar surface area (TPSA) is 48.6 Å². The van der Waals surface area contributed by atoms with Crippen LogP contribution in [-0.4, -0.2) is 9.97 Å². The Bertz CT molecular complexity index is 860. The van der Waals surface area contributed by atoms with Crippen LogP contribution in [0.25, 0.3) is 11.3 Å². The van der Waals surface area contributed by atoms with E-state index < -0.39 is 0 Å². The highest BCUT2D eigenvalue weighted by Gasteiger charge is 2.43. The highest BCUT2D eigenvalue weighted by Crippen LogP contribution is 2.48. The van der Waals surface area contributed by atoms with Crippen LogP contribution in [0.1, 0.15) is 50.2 Å². The number of aromatic nitrogens is 2. The van der Waals surface area contributed by atoms with Gasteiger partial charge >= 0.3 is 0 Å². The number of rotatable bonds is 1. The molecule has 2 aromatic rings. The van der Waals surface area contributed by atoms with Crippen molar-refractivity contribution in [1.29, 1.82) is 0 Å². The Morgan fingerprint density at radius 1 is 1.13 bits per heavy atom. The molecule has 0 amide bonds. The first-order valence-electron chi connectivity index (χ1n) is 8.55. The second-order valence-corrected chi connectivity index (χ2v) is 7.65. The zero-order chi connectivity index (χ0) is 16.0. The average molecular weight is 326 g/mol. The van der Waals surface area contributed by atoms with Crippen LogP contribution in [0.5, 0.6) is 0 Å². The van der Waals surface area contributed by atoms with Gasteiger partial charge in [-0.3, -0.25) is 9.78 Å². The lowest BCUT2D eigenvalue weighted by Gasteiger charge is -2.43. The van der Waals surface area contributed by atoms with E-state index in [1.165, 1.54) is 37.7 Å². The Balaban J connectivity index is 1.98. The fraction of sp³-hybridized carbons (Fsp3) is 0.474. The minimum absolute atomic E-state index is 0.00803. The first-order valence-corrected chi connectivity index (χ1v) is 8.96. The first-order chi connectivity index (χ1) is 11.1. The monoisotopic (exact) mass is 326 g/mol. The Kier molecular flexibility index (Phi) is 3.52. The van der Waals surface area contributed by atoms with Crippen LogP contribution in [0.4, 0.5) is 0 Å². The molecule has 2 aliphatic carbocycles. The quantitative estimate of drug-likeness (QED) is 0.758. The van der Waals surface area contributed by atoms with E-state index in [2.05, 4.69) is 35.1 Å². The number of nitrogens with one attached hydrogen (secondary N) is 2. The molecule has 4 rings (SSSR count). The Hall–Kier alpha value is -1.68. The van der Waals surface area contributed by atoms with Gasteiger partial charge in [-0.2, -0.15) is 0 Å². The zero-order valence-electron chi connectivity index (χ0n) is 13.4. The predicted molar refractivity (Wildman–Crippen MR) is 95.3 cm³/mol. The van der Waals surface area contributed by atoms with Crippen molar-refractivity contribution in [3.8, 4) is 11.3 Å². The molecule has 3 nitrogen and oxygen atoms in total. The summed E-state index contributed by atoms with van der Waals surface area (Å²) in [5.41, 5.74) is 4.19. The summed E-state index contributed by atoms with van der Waals surface area (Å²) in [6.07, 6.45) is 7.24. The van der Waals surface area contributed by atoms with E-state index in [-0.39, 0.29) is 11.0 Å². The van der Waals surface area contributed by atoms with Gasteiger partial charge in [-0.15, -0.1) is 0 Å². The maximum absolute atomic E-state index is 12.8. The van der Waals surface area contributed by atoms with E-state index in [0.29, 0.717) is 10.7 Å². The Morgan fingerprint density at radius 2 is 1.87 bits per heavy atom. The molecular weight excluding hydrogens is 304 g/mol. The van der Waals surface area contributed by atoms with Crippen molar-refractivity contribution in [1.82, 2.24) is 9.97 Å². The maximum Gasteiger partial charge on any atom is 0.256 e. The van der Waals surface area contributed by atoms with Crippen LogP contribution < -0.4 is 5.56 Å². The molecule has 0 aliphatic heterocycles. The third-order valence-corrected chi connectivity index (χ3v) is 6.07. The third-order valence-electron chi connectivity index (χ3n) is 5.86. The van der Waals surface area contributed by atoms with Crippen molar-refractivity contribution in [3.63, 3.8) is 0 Å². The van der Waals surface area contributed by atoms with E-state index in [0.717, 1.165) is 23.2 Å². The molecule has 1 aromatic heterocycles. The molecule has 0 unspecified atom stereocenters. The number of hydrogen-bond acceptors (Lipinski definition) is 2. The summed E-state index contributed by atoms with van der Waals surface area (Å²) in [6, 6.07) is 8.41. The van der Waals surface area contributed by atoms with Crippen molar-refractivity contribution >= 4 is 12.2 Å². The molecule has 0 bridgehead atoms. The van der Waals surface area contributed by atoms with Crippen LogP contribution in [0, 0.1) is 10.7 Å². The van der Waals surface area contributed by atoms with Gasteiger partial charge < -0.3 is 4.98 Å². The summed E-state index contributed by atoms with van der Waals surface area (Å²) >= 11 is 5.23. The molecule has 23 heavy (non-hydrogen) atoms. The molecular formula is C19H22N2OS. The Labute approximate surface area is 141 Å². The van der Waals surface area contributed by atoms with Crippen molar-refractivity contribution in [3.05, 3.63) is 50.5 Å². The fourth-order valence-corrected chi connectivity index (χ4v) is 4.92. The molecule has 1 aromatic carbocycles. The van der Waals surface area contributed by atoms with Crippen LogP contribution in [0.2, 0.25) is 0 Å². The van der Waals surface area contributed by atoms with Crippen LogP contribution in [-0.2, 0) is 11.8 Å². The van der Waals surface area contributed by atoms with Gasteiger partial charge in [-0.25, -0.2) is 0 Å². The van der Waals surface area contributed by atoms with Gasteiger partial charge in [0.05, 0.1) is 5.69 Å². The molecule has 0 saturated heterocycles. The number of fused-ring (bicyclic) bond motifs is 3. The summed E-state index contributed by atoms with van der Waals surface area (Å²) in [5, 5.41) is 0. The van der Waals surface area contributed by atoms with Gasteiger partial charge in [-0.05, 0) is 43.0 Å². The summed E-state index contributed by atoms with van der Waals surface area (Å²) in [6.45, 7) is 2.28. The van der Waals surface area contributed by atoms with Gasteiger partial charge in [0.25, 0.3) is 5.56 Å². The van der Waals surface area contributed by atoms with Crippen LogP contribution >= 0.6 is 12.2 Å². The molecule has 0 radical (unpaired) electrons. The number of hydrogen-bond donors (Lipinski definition) is 2.